The lowest BCUT2D eigenvalue weighted by molar-refractivity contribution is -0.323. The van der Waals surface area contributed by atoms with Crippen LogP contribution in [-0.4, -0.2) is 60.7 Å². The predicted octanol–water partition coefficient (Wildman–Crippen LogP) is -0.0350. The van der Waals surface area contributed by atoms with E-state index in [0.29, 0.717) is 17.1 Å². The Morgan fingerprint density at radius 2 is 1.97 bits per heavy atom. The first-order valence-electron chi connectivity index (χ1n) is 10.8. The molecule has 0 aliphatic heterocycles. The maximum atomic E-state index is 12.5. The molecule has 2 aromatic heterocycles. The summed E-state index contributed by atoms with van der Waals surface area (Å²) in [5.41, 5.74) is 6.11. The summed E-state index contributed by atoms with van der Waals surface area (Å²) in [4.78, 5) is 29.0. The van der Waals surface area contributed by atoms with Gasteiger partial charge < -0.3 is 40.9 Å². The second-order valence-corrected chi connectivity index (χ2v) is 8.10. The number of rotatable bonds is 9. The van der Waals surface area contributed by atoms with Gasteiger partial charge >= 0.3 is 6.10 Å². The average Bonchev–Trinajstić information content (AvgIpc) is 3.54. The van der Waals surface area contributed by atoms with Gasteiger partial charge in [-0.25, -0.2) is 0 Å². The van der Waals surface area contributed by atoms with Crippen LogP contribution in [0.3, 0.4) is 0 Å². The van der Waals surface area contributed by atoms with Crippen molar-refractivity contribution in [3.8, 4) is 17.2 Å². The summed E-state index contributed by atoms with van der Waals surface area (Å²) in [5.74, 6) is -0.805. The van der Waals surface area contributed by atoms with Gasteiger partial charge in [-0.2, -0.15) is 4.98 Å². The lowest BCUT2D eigenvalue weighted by Crippen LogP contribution is -2.48. The molecule has 0 saturated heterocycles. The number of nitrogens with two attached hydrogens (primary N) is 1. The van der Waals surface area contributed by atoms with Crippen molar-refractivity contribution in [2.45, 2.75) is 31.9 Å². The molecule has 1 aromatic carbocycles. The van der Waals surface area contributed by atoms with Gasteiger partial charge in [0.1, 0.15) is 0 Å². The van der Waals surface area contributed by atoms with Crippen LogP contribution in [0.4, 0.5) is 17.2 Å². The van der Waals surface area contributed by atoms with Crippen LogP contribution in [0.2, 0.25) is 0 Å². The van der Waals surface area contributed by atoms with E-state index in [-0.39, 0.29) is 35.0 Å². The summed E-state index contributed by atoms with van der Waals surface area (Å²) < 4.78 is 10.8. The highest BCUT2D eigenvalue weighted by Crippen LogP contribution is 2.38. The van der Waals surface area contributed by atoms with Gasteiger partial charge in [-0.1, -0.05) is 11.2 Å². The van der Waals surface area contributed by atoms with Crippen molar-refractivity contribution in [2.24, 2.45) is 11.7 Å². The van der Waals surface area contributed by atoms with Crippen molar-refractivity contribution in [2.75, 3.05) is 17.7 Å². The largest absolute Gasteiger partial charge is 0.494 e. The Bertz CT molecular complexity index is 1280. The molecule has 15 heteroatoms. The maximum absolute atomic E-state index is 12.5. The van der Waals surface area contributed by atoms with Crippen molar-refractivity contribution in [1.29, 1.82) is 0 Å². The minimum atomic E-state index is -3.50. The zero-order chi connectivity index (χ0) is 26.0. The molecule has 0 bridgehead atoms. The van der Waals surface area contributed by atoms with E-state index in [1.807, 2.05) is 0 Å². The van der Waals surface area contributed by atoms with Gasteiger partial charge in [-0.05, 0) is 31.9 Å². The molecule has 36 heavy (non-hydrogen) atoms. The summed E-state index contributed by atoms with van der Waals surface area (Å²) in [7, 11) is 1.41. The molecule has 1 atom stereocenters. The number of aromatic nitrogens is 4. The van der Waals surface area contributed by atoms with E-state index in [0.717, 1.165) is 12.8 Å². The molecule has 8 N–H and O–H groups in total. The molecule has 1 fully saturated rings. The van der Waals surface area contributed by atoms with Gasteiger partial charge in [0.25, 0.3) is 11.8 Å². The molecule has 190 valence electrons. The van der Waals surface area contributed by atoms with Gasteiger partial charge in [0.05, 0.1) is 30.1 Å². The fraction of sp³-hybridized carbons (Fsp3) is 0.333. The number of carbonyl (C=O) groups excluding carboxylic acids is 2. The van der Waals surface area contributed by atoms with Gasteiger partial charge in [0.15, 0.2) is 23.1 Å². The molecular weight excluding hydrogens is 476 g/mol. The normalized spacial score (nSPS) is 14.2. The summed E-state index contributed by atoms with van der Waals surface area (Å²) >= 11 is 0. The molecule has 2 heterocycles. The first-order chi connectivity index (χ1) is 17.1. The Labute approximate surface area is 203 Å². The van der Waals surface area contributed by atoms with Crippen molar-refractivity contribution in [3.63, 3.8) is 0 Å². The second-order valence-electron chi connectivity index (χ2n) is 8.10. The highest BCUT2D eigenvalue weighted by atomic mass is 16.7. The van der Waals surface area contributed by atoms with E-state index >= 15 is 0 Å². The van der Waals surface area contributed by atoms with Gasteiger partial charge in [0, 0.05) is 12.0 Å². The first-order valence-corrected chi connectivity index (χ1v) is 10.8. The fourth-order valence-corrected chi connectivity index (χ4v) is 3.20. The van der Waals surface area contributed by atoms with Crippen LogP contribution in [0.25, 0.3) is 11.5 Å². The standard InChI is InChI=1S/C21H24N8O7/c1-9(22)17-25-20(36-29-17)11-4-3-5-12(16(11)35-2)23-13-8-14(24-18(30)10-6-7-10)27-28-15(13)19(31)26-21(32,33)34/h3-5,8-10,32-34H,6-7,22H2,1-2H3,(H,26,31)(H2,23,24,27,30). The molecule has 1 aliphatic carbocycles. The number of benzene rings is 1. The summed E-state index contributed by atoms with van der Waals surface area (Å²) in [6.07, 6.45) is -1.97. The van der Waals surface area contributed by atoms with Crippen LogP contribution in [-0.2, 0) is 4.79 Å². The van der Waals surface area contributed by atoms with Gasteiger partial charge in [0.2, 0.25) is 5.91 Å². The SMILES string of the molecule is COc1c(Nc2cc(NC(=O)C3CC3)nnc2C(=O)NC(O)(O)O)cccc1-c1nc(C(C)N)no1. The second kappa shape index (κ2) is 9.82. The number of anilines is 3. The Balaban J connectivity index is 1.72. The van der Waals surface area contributed by atoms with Crippen molar-refractivity contribution in [3.05, 3.63) is 35.8 Å². The van der Waals surface area contributed by atoms with E-state index in [1.165, 1.54) is 13.2 Å². The molecule has 3 aromatic rings. The molecule has 2 amide bonds. The van der Waals surface area contributed by atoms with E-state index in [9.17, 15) is 9.59 Å². The topological polar surface area (TPSA) is 231 Å². The highest BCUT2D eigenvalue weighted by Gasteiger charge is 2.31. The van der Waals surface area contributed by atoms with Crippen LogP contribution < -0.4 is 26.4 Å². The number of ether oxygens (including phenoxy) is 1. The summed E-state index contributed by atoms with van der Waals surface area (Å²) in [5, 5.41) is 46.0. The van der Waals surface area contributed by atoms with Crippen LogP contribution >= 0.6 is 0 Å². The molecule has 0 spiro atoms. The summed E-state index contributed by atoms with van der Waals surface area (Å²) in [6.45, 7) is 1.70. The number of para-hydroxylation sites is 1. The molecular formula is C21H24N8O7. The number of methoxy groups -OCH3 is 1. The minimum Gasteiger partial charge on any atom is -0.494 e. The monoisotopic (exact) mass is 500 g/mol. The minimum absolute atomic E-state index is 0.00454. The fourth-order valence-electron chi connectivity index (χ4n) is 3.20. The number of nitrogens with zero attached hydrogens (tertiary/aromatic N) is 4. The number of nitrogens with one attached hydrogen (secondary N) is 3. The molecule has 1 aliphatic rings. The third-order valence-corrected chi connectivity index (χ3v) is 5.06. The number of hydrogen-bond acceptors (Lipinski definition) is 13. The summed E-state index contributed by atoms with van der Waals surface area (Å²) in [6, 6.07) is 5.80. The molecule has 4 rings (SSSR count). The van der Waals surface area contributed by atoms with Crippen molar-refractivity contribution >= 4 is 29.0 Å². The van der Waals surface area contributed by atoms with Crippen LogP contribution in [0.15, 0.2) is 28.8 Å². The van der Waals surface area contributed by atoms with Gasteiger partial charge in [-0.3, -0.25) is 14.9 Å². The Morgan fingerprint density at radius 1 is 1.22 bits per heavy atom. The van der Waals surface area contributed by atoms with Crippen LogP contribution in [0.5, 0.6) is 5.75 Å². The van der Waals surface area contributed by atoms with E-state index in [1.54, 1.807) is 30.4 Å². The number of carbonyl (C=O) groups is 2. The molecule has 1 unspecified atom stereocenters. The average molecular weight is 500 g/mol. The van der Waals surface area contributed by atoms with Crippen LogP contribution in [0, 0.1) is 5.92 Å². The maximum Gasteiger partial charge on any atom is 0.369 e. The zero-order valence-corrected chi connectivity index (χ0v) is 19.2. The Hall–Kier alpha value is -4.18. The number of hydrogen-bond donors (Lipinski definition) is 7. The number of aliphatic hydroxyl groups is 3. The highest BCUT2D eigenvalue weighted by molar-refractivity contribution is 6.00. The molecule has 0 radical (unpaired) electrons. The zero-order valence-electron chi connectivity index (χ0n) is 19.2. The lowest BCUT2D eigenvalue weighted by atomic mass is 10.1. The van der Waals surface area contributed by atoms with E-state index in [2.05, 4.69) is 31.0 Å². The smallest absolute Gasteiger partial charge is 0.369 e. The molecule has 1 saturated carbocycles. The Kier molecular flexibility index (Phi) is 6.80. The van der Waals surface area contributed by atoms with Crippen molar-refractivity contribution < 1.29 is 34.2 Å². The number of amides is 2. The van der Waals surface area contributed by atoms with E-state index in [4.69, 9.17) is 30.3 Å². The third kappa shape index (κ3) is 5.72. The van der Waals surface area contributed by atoms with Crippen molar-refractivity contribution in [1.82, 2.24) is 25.7 Å². The third-order valence-electron chi connectivity index (χ3n) is 5.06. The quantitative estimate of drug-likeness (QED) is 0.191. The first kappa shape index (κ1) is 24.9. The lowest BCUT2D eigenvalue weighted by Gasteiger charge is -2.18. The Morgan fingerprint density at radius 3 is 2.58 bits per heavy atom. The van der Waals surface area contributed by atoms with Gasteiger partial charge in [-0.15, -0.1) is 10.2 Å². The van der Waals surface area contributed by atoms with E-state index < -0.39 is 23.7 Å². The molecule has 15 nitrogen and oxygen atoms in total. The predicted molar refractivity (Wildman–Crippen MR) is 122 cm³/mol. The van der Waals surface area contributed by atoms with Crippen LogP contribution in [0.1, 0.15) is 42.1 Å².